The summed E-state index contributed by atoms with van der Waals surface area (Å²) < 4.78 is 347. The molecule has 0 fully saturated rings. The Kier molecular flexibility index (Phi) is 16.6. The van der Waals surface area contributed by atoms with Gasteiger partial charge in [-0.3, -0.25) is 4.79 Å². The second kappa shape index (κ2) is 21.1. The lowest BCUT2D eigenvalue weighted by molar-refractivity contribution is -0.684. The fraction of sp³-hybridized carbons (Fsp3) is 0.217. The monoisotopic (exact) mass is 1140 g/mol. The molecule has 0 saturated heterocycles. The van der Waals surface area contributed by atoms with E-state index in [9.17, 15) is 115 Å². The Bertz CT molecular complexity index is 2680. The maximum absolute atomic E-state index is 14.2. The van der Waals surface area contributed by atoms with E-state index in [0.717, 1.165) is 0 Å². The van der Waals surface area contributed by atoms with Crippen LogP contribution in [0.5, 0.6) is 5.88 Å². The molecule has 0 spiro atoms. The van der Waals surface area contributed by atoms with Crippen molar-refractivity contribution in [1.29, 1.82) is 0 Å². The van der Waals surface area contributed by atoms with Crippen molar-refractivity contribution in [3.63, 3.8) is 0 Å². The molecule has 6 rings (SSSR count). The highest BCUT2D eigenvalue weighted by Crippen LogP contribution is 2.41. The van der Waals surface area contributed by atoms with E-state index in [2.05, 4.69) is 4.98 Å². The summed E-state index contributed by atoms with van der Waals surface area (Å²) >= 11 is 0. The minimum absolute atomic E-state index is 0.0500. The van der Waals surface area contributed by atoms with Crippen LogP contribution in [-0.2, 0) is 60.7 Å². The number of carbonyl (C=O) groups is 2. The normalized spacial score (nSPS) is 13.2. The standard InChI is InChI=1S/C32H12BF24.C14H12N2O4/c34-25(35,36)13-1-14(26(37,38)39)6-21(5-13)33(22-7-15(27(40,41)42)2-16(8-22)28(43,44)45,23-9-17(29(46,47)48)3-18(10-23)30(49,50)51)24-11-19(31(52,53)54)4-20(12-24)32(55,56)57;17-12(11-4-2-1-3-5-11)8-16-7-6-15-13(9-16)20-10-14(18)19/h1-12H;1-7,9H,8,10H2/q-1;/p+1. The minimum Gasteiger partial charge on any atom is -0.479 e. The molecule has 1 aromatic heterocycles. The number of aliphatic carboxylic acids is 1. The van der Waals surface area contributed by atoms with Crippen LogP contribution in [0, 0.1) is 0 Å². The third-order valence-electron chi connectivity index (χ3n) is 10.9. The Balaban J connectivity index is 0.000000455. The first-order chi connectivity index (χ1) is 34.9. The lowest BCUT2D eigenvalue weighted by atomic mass is 9.12. The number of Topliss-reactive ketones (excluding diaryl/α,β-unsaturated/α-hetero) is 1. The number of rotatable bonds is 10. The van der Waals surface area contributed by atoms with Gasteiger partial charge in [-0.1, -0.05) is 78.9 Å². The van der Waals surface area contributed by atoms with Crippen molar-refractivity contribution in [2.24, 2.45) is 0 Å². The fourth-order valence-electron chi connectivity index (χ4n) is 7.67. The maximum atomic E-state index is 14.2. The highest BCUT2D eigenvalue weighted by Gasteiger charge is 2.47. The number of nitrogens with zero attached hydrogens (tertiary/aromatic N) is 2. The van der Waals surface area contributed by atoms with Gasteiger partial charge in [-0.05, 0) is 24.3 Å². The maximum Gasteiger partial charge on any atom is 0.416 e. The summed E-state index contributed by atoms with van der Waals surface area (Å²) in [4.78, 5) is 26.3. The van der Waals surface area contributed by atoms with Gasteiger partial charge < -0.3 is 9.84 Å². The molecule has 0 atom stereocenters. The third kappa shape index (κ3) is 14.7. The van der Waals surface area contributed by atoms with Crippen molar-refractivity contribution in [3.05, 3.63) is 172 Å². The molecule has 0 aliphatic carbocycles. The number of hydrogen-bond acceptors (Lipinski definition) is 4. The Labute approximate surface area is 414 Å². The summed E-state index contributed by atoms with van der Waals surface area (Å²) in [5.74, 6) is -0.968. The lowest BCUT2D eigenvalue weighted by Crippen LogP contribution is -2.75. The molecule has 0 amide bonds. The smallest absolute Gasteiger partial charge is 0.416 e. The molecular weight excluding hydrogens is 1110 g/mol. The van der Waals surface area contributed by atoms with Crippen LogP contribution >= 0.6 is 0 Å². The molecule has 0 saturated carbocycles. The average Bonchev–Trinajstić information content (AvgIpc) is 3.29. The van der Waals surface area contributed by atoms with E-state index in [4.69, 9.17) is 9.84 Å². The summed E-state index contributed by atoms with van der Waals surface area (Å²) in [5, 5.41) is 8.52. The molecule has 0 unspecified atom stereocenters. The van der Waals surface area contributed by atoms with Crippen LogP contribution < -0.4 is 31.2 Å². The summed E-state index contributed by atoms with van der Waals surface area (Å²) in [6, 6.07) is 0.110. The van der Waals surface area contributed by atoms with Crippen molar-refractivity contribution in [3.8, 4) is 5.88 Å². The lowest BCUT2D eigenvalue weighted by Gasteiger charge is -2.46. The first-order valence-electron chi connectivity index (χ1n) is 20.5. The summed E-state index contributed by atoms with van der Waals surface area (Å²) in [7, 11) is 0. The molecule has 0 bridgehead atoms. The van der Waals surface area contributed by atoms with Crippen molar-refractivity contribution >= 4 is 39.7 Å². The van der Waals surface area contributed by atoms with Gasteiger partial charge in [0.05, 0.1) is 50.7 Å². The van der Waals surface area contributed by atoms with Crippen molar-refractivity contribution in [2.45, 2.75) is 56.0 Å². The molecule has 5 aromatic carbocycles. The van der Waals surface area contributed by atoms with Gasteiger partial charge in [0, 0.05) is 5.56 Å². The van der Waals surface area contributed by atoms with Gasteiger partial charge in [-0.2, -0.15) is 132 Å². The van der Waals surface area contributed by atoms with Gasteiger partial charge >= 0.3 is 55.4 Å². The van der Waals surface area contributed by atoms with Gasteiger partial charge in [0.15, 0.2) is 12.8 Å². The van der Waals surface area contributed by atoms with E-state index in [1.165, 1.54) is 12.4 Å². The molecule has 1 heterocycles. The Morgan fingerprint density at radius 3 is 0.961 bits per heavy atom. The molecular formula is C46H25BF24N2O4. The van der Waals surface area contributed by atoms with E-state index in [0.29, 0.717) is 5.56 Å². The highest BCUT2D eigenvalue weighted by atomic mass is 19.4. The number of alkyl halides is 24. The molecule has 6 aromatic rings. The van der Waals surface area contributed by atoms with Gasteiger partial charge in [0.1, 0.15) is 6.15 Å². The number of halogens is 24. The molecule has 0 radical (unpaired) electrons. The van der Waals surface area contributed by atoms with E-state index < -0.39 is 207 Å². The molecule has 414 valence electrons. The van der Waals surface area contributed by atoms with Crippen molar-refractivity contribution in [1.82, 2.24) is 4.98 Å². The topological polar surface area (TPSA) is 80.4 Å². The predicted octanol–water partition coefficient (Wildman–Crippen LogP) is 11.9. The number of carbonyl (C=O) groups excluding carboxylic acids is 1. The summed E-state index contributed by atoms with van der Waals surface area (Å²) in [6.45, 7) is -0.334. The number of ketones is 1. The number of carboxylic acids is 1. The Morgan fingerprint density at radius 1 is 0.442 bits per heavy atom. The number of ether oxygens (including phenoxy) is 1. The van der Waals surface area contributed by atoms with Gasteiger partial charge in [-0.25, -0.2) is 9.78 Å². The molecule has 31 heteroatoms. The fourth-order valence-corrected chi connectivity index (χ4v) is 7.67. The van der Waals surface area contributed by atoms with Crippen LogP contribution in [0.2, 0.25) is 0 Å². The molecule has 1 N–H and O–H groups in total. The number of hydrogen-bond donors (Lipinski definition) is 1. The number of benzene rings is 5. The van der Waals surface area contributed by atoms with Crippen molar-refractivity contribution in [2.75, 3.05) is 6.61 Å². The molecule has 6 nitrogen and oxygen atoms in total. The van der Waals surface area contributed by atoms with E-state index in [1.54, 1.807) is 35.0 Å². The second-order valence-electron chi connectivity index (χ2n) is 16.3. The van der Waals surface area contributed by atoms with Crippen LogP contribution in [0.15, 0.2) is 122 Å². The summed E-state index contributed by atoms with van der Waals surface area (Å²) in [6.07, 6.45) is -50.2. The van der Waals surface area contributed by atoms with E-state index in [-0.39, 0.29) is 18.2 Å². The Morgan fingerprint density at radius 2 is 0.714 bits per heavy atom. The molecule has 0 aliphatic heterocycles. The quantitative estimate of drug-likeness (QED) is 0.0640. The molecule has 0 aliphatic rings. The van der Waals surface area contributed by atoms with Gasteiger partial charge in [0.25, 0.3) is 5.88 Å². The SMILES string of the molecule is FC(F)(F)c1cc([B-](c2cc(C(F)(F)F)cc(C(F)(F)F)c2)(c2cc(C(F)(F)F)cc(C(F)(F)F)c2)c2cc(C(F)(F)F)cc(C(F)(F)F)c2)cc(C(F)(F)F)c1.O=C(O)COc1c[n+](CC(=O)c2ccccc2)ccn1. The van der Waals surface area contributed by atoms with Crippen LogP contribution in [0.1, 0.15) is 54.9 Å². The van der Waals surface area contributed by atoms with Crippen molar-refractivity contribution < 1.29 is 129 Å². The van der Waals surface area contributed by atoms with E-state index in [1.807, 2.05) is 6.07 Å². The average molecular weight is 1140 g/mol. The van der Waals surface area contributed by atoms with Crippen LogP contribution in [0.25, 0.3) is 0 Å². The van der Waals surface area contributed by atoms with E-state index >= 15 is 0 Å². The predicted molar refractivity (Wildman–Crippen MR) is 218 cm³/mol. The largest absolute Gasteiger partial charge is 0.479 e. The zero-order valence-electron chi connectivity index (χ0n) is 37.2. The zero-order chi connectivity index (χ0) is 58.3. The second-order valence-corrected chi connectivity index (χ2v) is 16.3. The highest BCUT2D eigenvalue weighted by molar-refractivity contribution is 7.20. The first kappa shape index (κ1) is 60.4. The minimum atomic E-state index is -6.13. The third-order valence-corrected chi connectivity index (χ3v) is 10.9. The number of aromatic nitrogens is 2. The van der Waals surface area contributed by atoms with Crippen LogP contribution in [0.3, 0.4) is 0 Å². The zero-order valence-corrected chi connectivity index (χ0v) is 37.2. The van der Waals surface area contributed by atoms with Gasteiger partial charge in [0.2, 0.25) is 18.5 Å². The first-order valence-corrected chi connectivity index (χ1v) is 20.5. The summed E-state index contributed by atoms with van der Waals surface area (Å²) in [5.41, 5.74) is -29.6. The number of carboxylic acid groups (broad SMARTS) is 1. The van der Waals surface area contributed by atoms with Gasteiger partial charge in [-0.15, -0.1) is 0 Å². The van der Waals surface area contributed by atoms with Crippen LogP contribution in [-0.4, -0.2) is 34.6 Å². The van der Waals surface area contributed by atoms with Crippen LogP contribution in [0.4, 0.5) is 105 Å². The molecule has 77 heavy (non-hydrogen) atoms. The Hall–Kier alpha value is -7.50.